The number of rotatable bonds is 9. The lowest BCUT2D eigenvalue weighted by Gasteiger charge is -2.30. The lowest BCUT2D eigenvalue weighted by molar-refractivity contribution is -0.140. The number of sulfonamides is 1. The Balaban J connectivity index is 1.59. The number of halogens is 4. The fourth-order valence-electron chi connectivity index (χ4n) is 4.19. The minimum absolute atomic E-state index is 0.0875. The lowest BCUT2D eigenvalue weighted by atomic mass is 10.0. The van der Waals surface area contributed by atoms with Gasteiger partial charge in [0.1, 0.15) is 5.82 Å². The number of thioether (sulfide) groups is 1. The van der Waals surface area contributed by atoms with Crippen LogP contribution in [-0.4, -0.2) is 33.4 Å². The molecule has 0 aliphatic carbocycles. The highest BCUT2D eigenvalue weighted by molar-refractivity contribution is 8.01. The molecule has 0 N–H and O–H groups in total. The number of alkyl halides is 3. The van der Waals surface area contributed by atoms with E-state index in [1.165, 1.54) is 22.1 Å². The van der Waals surface area contributed by atoms with Crippen LogP contribution in [0.3, 0.4) is 0 Å². The molecule has 1 aromatic heterocycles. The van der Waals surface area contributed by atoms with Crippen LogP contribution in [-0.2, 0) is 29.3 Å². The Morgan fingerprint density at radius 2 is 1.91 bits per heavy atom. The Kier molecular flexibility index (Phi) is 7.58. The zero-order chi connectivity index (χ0) is 25.2. The molecule has 188 valence electrons. The number of aromatic nitrogens is 2. The molecule has 2 heterocycles. The minimum Gasteiger partial charge on any atom is -0.337 e. The molecule has 0 bridgehead atoms. The number of fused-ring (bicyclic) bond motifs is 1. The topological polar surface area (TPSA) is 55.2 Å². The molecule has 3 aromatic rings. The van der Waals surface area contributed by atoms with E-state index in [2.05, 4.69) is 4.98 Å². The molecule has 0 saturated carbocycles. The number of hydrogen-bond acceptors (Lipinski definition) is 4. The van der Waals surface area contributed by atoms with Gasteiger partial charge in [-0.1, -0.05) is 31.2 Å². The fraction of sp³-hybridized carbons (Fsp3) is 0.375. The number of aryl methyl sites for hydroxylation is 1. The van der Waals surface area contributed by atoms with Crippen molar-refractivity contribution >= 4 is 21.8 Å². The van der Waals surface area contributed by atoms with Crippen LogP contribution in [0.15, 0.2) is 66.1 Å². The van der Waals surface area contributed by atoms with E-state index >= 15 is 0 Å². The molecule has 1 aliphatic heterocycles. The summed E-state index contributed by atoms with van der Waals surface area (Å²) in [6.07, 6.45) is 1.21. The molecule has 4 rings (SSSR count). The van der Waals surface area contributed by atoms with Crippen molar-refractivity contribution in [1.29, 1.82) is 0 Å². The van der Waals surface area contributed by atoms with E-state index in [0.29, 0.717) is 25.5 Å². The minimum atomic E-state index is -4.87. The van der Waals surface area contributed by atoms with Crippen LogP contribution < -0.4 is 0 Å². The summed E-state index contributed by atoms with van der Waals surface area (Å²) in [6.45, 7) is 2.25. The predicted octanol–water partition coefficient (Wildman–Crippen LogP) is 5.89. The molecule has 11 heteroatoms. The normalized spacial score (nSPS) is 18.2. The van der Waals surface area contributed by atoms with Crippen LogP contribution in [0.5, 0.6) is 0 Å². The van der Waals surface area contributed by atoms with Crippen LogP contribution in [0.4, 0.5) is 17.6 Å². The van der Waals surface area contributed by atoms with E-state index < -0.39 is 33.0 Å². The van der Waals surface area contributed by atoms with E-state index in [4.69, 9.17) is 0 Å². The molecule has 1 aliphatic rings. The van der Waals surface area contributed by atoms with Gasteiger partial charge < -0.3 is 4.57 Å². The average molecular weight is 528 g/mol. The number of benzene rings is 2. The summed E-state index contributed by atoms with van der Waals surface area (Å²) >= 11 is 1.39. The number of unbranched alkanes of at least 4 members (excludes halogenated alkanes) is 1. The quantitative estimate of drug-likeness (QED) is 0.257. The van der Waals surface area contributed by atoms with E-state index in [0.717, 1.165) is 16.5 Å². The highest BCUT2D eigenvalue weighted by Gasteiger charge is 2.40. The Morgan fingerprint density at radius 1 is 1.14 bits per heavy atom. The molecule has 2 atom stereocenters. The third-order valence-corrected chi connectivity index (χ3v) is 9.57. The maximum Gasteiger partial charge on any atom is 0.419 e. The van der Waals surface area contributed by atoms with Gasteiger partial charge in [0.15, 0.2) is 0 Å². The summed E-state index contributed by atoms with van der Waals surface area (Å²) in [5.74, 6) is -1.69. The molecular formula is C24H25F4N3O2S2. The zero-order valence-electron chi connectivity index (χ0n) is 19.0. The van der Waals surface area contributed by atoms with Crippen molar-refractivity contribution in [3.05, 3.63) is 83.7 Å². The van der Waals surface area contributed by atoms with Crippen molar-refractivity contribution in [2.75, 3.05) is 5.75 Å². The van der Waals surface area contributed by atoms with Gasteiger partial charge >= 0.3 is 6.18 Å². The maximum absolute atomic E-state index is 13.8. The van der Waals surface area contributed by atoms with Gasteiger partial charge in [-0.15, -0.1) is 11.8 Å². The van der Waals surface area contributed by atoms with E-state index in [9.17, 15) is 26.0 Å². The van der Waals surface area contributed by atoms with E-state index in [1.54, 1.807) is 18.7 Å². The van der Waals surface area contributed by atoms with Crippen LogP contribution in [0.2, 0.25) is 0 Å². The summed E-state index contributed by atoms with van der Waals surface area (Å²) in [7, 11) is -3.84. The summed E-state index contributed by atoms with van der Waals surface area (Å²) in [4.78, 5) is 4.91. The SMILES string of the molecule is CC1c2ccccc2SC1N(Cc1ccc(F)c(C(F)(F)F)c1)S(=O)(=O)CCCCn1ccnc1. The zero-order valence-corrected chi connectivity index (χ0v) is 20.6. The molecule has 0 fully saturated rings. The Labute approximate surface area is 206 Å². The van der Waals surface area contributed by atoms with Crippen molar-refractivity contribution in [3.8, 4) is 0 Å². The first-order valence-corrected chi connectivity index (χ1v) is 13.6. The predicted molar refractivity (Wildman–Crippen MR) is 127 cm³/mol. The number of nitrogens with zero attached hydrogens (tertiary/aromatic N) is 3. The average Bonchev–Trinajstić information content (AvgIpc) is 3.43. The van der Waals surface area contributed by atoms with Gasteiger partial charge in [-0.25, -0.2) is 17.8 Å². The third-order valence-electron chi connectivity index (χ3n) is 6.03. The van der Waals surface area contributed by atoms with Gasteiger partial charge in [0.05, 0.1) is 23.0 Å². The van der Waals surface area contributed by atoms with Crippen LogP contribution >= 0.6 is 11.8 Å². The molecule has 0 radical (unpaired) electrons. The lowest BCUT2D eigenvalue weighted by Crippen LogP contribution is -2.40. The summed E-state index contributed by atoms with van der Waals surface area (Å²) in [6, 6.07) is 10.2. The molecular weight excluding hydrogens is 502 g/mol. The Morgan fingerprint density at radius 3 is 2.60 bits per heavy atom. The van der Waals surface area contributed by atoms with E-state index in [-0.39, 0.29) is 23.8 Å². The van der Waals surface area contributed by atoms with E-state index in [1.807, 2.05) is 35.8 Å². The summed E-state index contributed by atoms with van der Waals surface area (Å²) < 4.78 is 83.9. The second-order valence-corrected chi connectivity index (χ2v) is 11.7. The maximum atomic E-state index is 13.8. The second-order valence-electron chi connectivity index (χ2n) is 8.52. The molecule has 0 amide bonds. The van der Waals surface area contributed by atoms with Crippen LogP contribution in [0.1, 0.15) is 42.4 Å². The Bertz CT molecular complexity index is 1260. The number of imidazole rings is 1. The van der Waals surface area contributed by atoms with Gasteiger partial charge in [-0.3, -0.25) is 0 Å². The van der Waals surface area contributed by atoms with Crippen molar-refractivity contribution in [3.63, 3.8) is 0 Å². The highest BCUT2D eigenvalue weighted by Crippen LogP contribution is 2.48. The first kappa shape index (κ1) is 25.7. The molecule has 0 saturated heterocycles. The van der Waals surface area contributed by atoms with Gasteiger partial charge in [-0.2, -0.15) is 17.5 Å². The largest absolute Gasteiger partial charge is 0.419 e. The van der Waals surface area contributed by atoms with Gasteiger partial charge in [0.25, 0.3) is 0 Å². The molecule has 2 aromatic carbocycles. The number of hydrogen-bond donors (Lipinski definition) is 0. The summed E-state index contributed by atoms with van der Waals surface area (Å²) in [5.41, 5.74) is -0.314. The van der Waals surface area contributed by atoms with Crippen molar-refractivity contribution in [1.82, 2.24) is 13.9 Å². The fourth-order valence-corrected chi connectivity index (χ4v) is 7.71. The van der Waals surface area contributed by atoms with Crippen LogP contribution in [0.25, 0.3) is 0 Å². The van der Waals surface area contributed by atoms with Gasteiger partial charge in [0.2, 0.25) is 10.0 Å². The van der Waals surface area contributed by atoms with Crippen LogP contribution in [0, 0.1) is 5.82 Å². The second kappa shape index (κ2) is 10.3. The third kappa shape index (κ3) is 5.90. The van der Waals surface area contributed by atoms with Crippen molar-refractivity contribution in [2.45, 2.75) is 55.2 Å². The molecule has 35 heavy (non-hydrogen) atoms. The van der Waals surface area contributed by atoms with Crippen molar-refractivity contribution < 1.29 is 26.0 Å². The highest BCUT2D eigenvalue weighted by atomic mass is 32.2. The first-order valence-electron chi connectivity index (χ1n) is 11.1. The first-order chi connectivity index (χ1) is 16.6. The van der Waals surface area contributed by atoms with Gasteiger partial charge in [-0.05, 0) is 42.2 Å². The molecule has 2 unspecified atom stereocenters. The van der Waals surface area contributed by atoms with Gasteiger partial charge in [0, 0.05) is 36.3 Å². The Hall–Kier alpha value is -2.37. The molecule has 5 nitrogen and oxygen atoms in total. The monoisotopic (exact) mass is 527 g/mol. The smallest absolute Gasteiger partial charge is 0.337 e. The standard InChI is InChI=1S/C24H25F4N3O2S2/c1-17-19-6-2-3-7-22(19)34-23(17)31(15-18-8-9-21(25)20(14-18)24(26,27)28)35(32,33)13-5-4-11-30-12-10-29-16-30/h2-3,6-10,12,14,16-17,23H,4-5,11,13,15H2,1H3. The van der Waals surface area contributed by atoms with Crippen molar-refractivity contribution in [2.24, 2.45) is 0 Å². The molecule has 0 spiro atoms. The summed E-state index contributed by atoms with van der Waals surface area (Å²) in [5, 5.41) is -0.523.